The summed E-state index contributed by atoms with van der Waals surface area (Å²) < 4.78 is 11.4. The first-order valence-electron chi connectivity index (χ1n) is 11.5. The van der Waals surface area contributed by atoms with E-state index >= 15 is 0 Å². The molecule has 0 bridgehead atoms. The van der Waals surface area contributed by atoms with Crippen LogP contribution in [-0.2, 0) is 16.0 Å². The average Bonchev–Trinajstić information content (AvgIpc) is 3.13. The predicted octanol–water partition coefficient (Wildman–Crippen LogP) is 4.83. The maximum atomic E-state index is 14.1. The number of amides is 2. The number of anilines is 2. The van der Waals surface area contributed by atoms with Crippen LogP contribution in [0.25, 0.3) is 5.57 Å². The van der Waals surface area contributed by atoms with Gasteiger partial charge in [-0.25, -0.2) is 4.90 Å². The van der Waals surface area contributed by atoms with E-state index in [0.29, 0.717) is 47.2 Å². The van der Waals surface area contributed by atoms with Crippen LogP contribution in [0.1, 0.15) is 24.5 Å². The van der Waals surface area contributed by atoms with Gasteiger partial charge in [0.05, 0.1) is 25.0 Å². The Balaban J connectivity index is 1.73. The Bertz CT molecular complexity index is 1300. The lowest BCUT2D eigenvalue weighted by molar-refractivity contribution is -0.120. The maximum absolute atomic E-state index is 14.1. The van der Waals surface area contributed by atoms with Crippen molar-refractivity contribution >= 4 is 28.8 Å². The van der Waals surface area contributed by atoms with E-state index in [1.54, 1.807) is 31.4 Å². The molecule has 172 valence electrons. The zero-order valence-corrected chi connectivity index (χ0v) is 19.3. The van der Waals surface area contributed by atoms with Crippen molar-refractivity contribution in [2.75, 3.05) is 30.1 Å². The van der Waals surface area contributed by atoms with Crippen molar-refractivity contribution in [3.63, 3.8) is 0 Å². The molecular formula is C28H26N2O4. The molecule has 0 saturated heterocycles. The Morgan fingerprint density at radius 2 is 1.50 bits per heavy atom. The van der Waals surface area contributed by atoms with Crippen molar-refractivity contribution in [3.8, 4) is 11.5 Å². The standard InChI is InChI=1S/C28H26N2O4/c1-3-34-24-17-9-7-15-22(24)30-27(31)25(20-13-5-8-16-23(20)33-2)26(28(30)32)29-18-10-12-19-11-4-6-14-21(19)29/h4-9,11,13-17H,3,10,12,18H2,1-2H3. The van der Waals surface area contributed by atoms with Gasteiger partial charge in [-0.1, -0.05) is 48.5 Å². The van der Waals surface area contributed by atoms with Crippen LogP contribution in [0.2, 0.25) is 0 Å². The highest BCUT2D eigenvalue weighted by Gasteiger charge is 2.45. The molecule has 0 atom stereocenters. The number of aryl methyl sites for hydroxylation is 1. The zero-order chi connectivity index (χ0) is 23.7. The summed E-state index contributed by atoms with van der Waals surface area (Å²) in [7, 11) is 1.57. The Morgan fingerprint density at radius 3 is 2.26 bits per heavy atom. The van der Waals surface area contributed by atoms with Crippen molar-refractivity contribution in [3.05, 3.63) is 89.6 Å². The van der Waals surface area contributed by atoms with E-state index in [2.05, 4.69) is 6.07 Å². The molecule has 2 aliphatic heterocycles. The van der Waals surface area contributed by atoms with Gasteiger partial charge < -0.3 is 14.4 Å². The third-order valence-corrected chi connectivity index (χ3v) is 6.22. The normalized spacial score (nSPS) is 15.6. The van der Waals surface area contributed by atoms with E-state index in [1.807, 2.05) is 54.3 Å². The fraction of sp³-hybridized carbons (Fsp3) is 0.214. The fourth-order valence-corrected chi connectivity index (χ4v) is 4.77. The second-order valence-electron chi connectivity index (χ2n) is 8.15. The monoisotopic (exact) mass is 454 g/mol. The number of ether oxygens (including phenoxy) is 2. The Kier molecular flexibility index (Phi) is 5.80. The lowest BCUT2D eigenvalue weighted by Gasteiger charge is -2.32. The summed E-state index contributed by atoms with van der Waals surface area (Å²) in [5, 5.41) is 0. The molecule has 0 unspecified atom stereocenters. The van der Waals surface area contributed by atoms with Crippen molar-refractivity contribution in [2.24, 2.45) is 0 Å². The van der Waals surface area contributed by atoms with Gasteiger partial charge in [-0.3, -0.25) is 9.59 Å². The van der Waals surface area contributed by atoms with E-state index in [9.17, 15) is 9.59 Å². The zero-order valence-electron chi connectivity index (χ0n) is 19.3. The summed E-state index contributed by atoms with van der Waals surface area (Å²) in [6.45, 7) is 2.94. The first-order valence-corrected chi connectivity index (χ1v) is 11.5. The molecule has 3 aromatic carbocycles. The van der Waals surface area contributed by atoms with E-state index in [1.165, 1.54) is 4.90 Å². The second-order valence-corrected chi connectivity index (χ2v) is 8.15. The van der Waals surface area contributed by atoms with E-state index < -0.39 is 0 Å². The quantitative estimate of drug-likeness (QED) is 0.500. The van der Waals surface area contributed by atoms with Gasteiger partial charge in [0, 0.05) is 17.8 Å². The Labute approximate surface area is 199 Å². The number of para-hydroxylation sites is 4. The SMILES string of the molecule is CCOc1ccccc1N1C(=O)C(c2ccccc2OC)=C(N2CCCc3ccccc32)C1=O. The van der Waals surface area contributed by atoms with Gasteiger partial charge in [0.2, 0.25) is 0 Å². The van der Waals surface area contributed by atoms with Gasteiger partial charge in [-0.15, -0.1) is 0 Å². The molecule has 6 heteroatoms. The van der Waals surface area contributed by atoms with Crippen LogP contribution in [0.5, 0.6) is 11.5 Å². The van der Waals surface area contributed by atoms with Crippen LogP contribution in [0, 0.1) is 0 Å². The number of hydrogen-bond acceptors (Lipinski definition) is 5. The highest BCUT2D eigenvalue weighted by atomic mass is 16.5. The minimum Gasteiger partial charge on any atom is -0.496 e. The molecule has 2 aliphatic rings. The molecule has 34 heavy (non-hydrogen) atoms. The van der Waals surface area contributed by atoms with Gasteiger partial charge >= 0.3 is 0 Å². The molecule has 0 aliphatic carbocycles. The number of carbonyl (C=O) groups is 2. The number of imide groups is 1. The second kappa shape index (κ2) is 9.06. The first-order chi connectivity index (χ1) is 16.7. The van der Waals surface area contributed by atoms with E-state index in [0.717, 1.165) is 24.1 Å². The Hall–Kier alpha value is -4.06. The first kappa shape index (κ1) is 21.8. The van der Waals surface area contributed by atoms with Gasteiger partial charge in [0.1, 0.15) is 17.2 Å². The summed E-state index contributed by atoms with van der Waals surface area (Å²) in [5.74, 6) is 0.280. The molecular weight excluding hydrogens is 428 g/mol. The Morgan fingerprint density at radius 1 is 0.824 bits per heavy atom. The predicted molar refractivity (Wildman–Crippen MR) is 132 cm³/mol. The summed E-state index contributed by atoms with van der Waals surface area (Å²) in [6, 6.07) is 22.5. The lowest BCUT2D eigenvalue weighted by atomic mass is 9.98. The van der Waals surface area contributed by atoms with Crippen LogP contribution in [0.4, 0.5) is 11.4 Å². The number of methoxy groups -OCH3 is 1. The summed E-state index contributed by atoms with van der Waals surface area (Å²) in [4.78, 5) is 31.3. The largest absolute Gasteiger partial charge is 0.496 e. The average molecular weight is 455 g/mol. The van der Waals surface area contributed by atoms with Crippen molar-refractivity contribution in [2.45, 2.75) is 19.8 Å². The highest BCUT2D eigenvalue weighted by Crippen LogP contribution is 2.43. The minimum atomic E-state index is -0.389. The number of fused-ring (bicyclic) bond motifs is 1. The molecule has 0 N–H and O–H groups in total. The van der Waals surface area contributed by atoms with Crippen LogP contribution in [-0.4, -0.2) is 32.1 Å². The highest BCUT2D eigenvalue weighted by molar-refractivity contribution is 6.47. The molecule has 2 heterocycles. The minimum absolute atomic E-state index is 0.338. The topological polar surface area (TPSA) is 59.1 Å². The van der Waals surface area contributed by atoms with Crippen LogP contribution < -0.4 is 19.3 Å². The molecule has 0 saturated carbocycles. The number of carbonyl (C=O) groups excluding carboxylic acids is 2. The summed E-state index contributed by atoms with van der Waals surface area (Å²) in [5.41, 5.74) is 3.86. The van der Waals surface area contributed by atoms with Gasteiger partial charge in [-0.05, 0) is 49.6 Å². The number of rotatable bonds is 6. The summed E-state index contributed by atoms with van der Waals surface area (Å²) in [6.07, 6.45) is 1.82. The molecule has 3 aromatic rings. The van der Waals surface area contributed by atoms with E-state index in [4.69, 9.17) is 9.47 Å². The molecule has 0 fully saturated rings. The maximum Gasteiger partial charge on any atom is 0.282 e. The number of hydrogen-bond donors (Lipinski definition) is 0. The third kappa shape index (κ3) is 3.52. The van der Waals surface area contributed by atoms with Gasteiger partial charge in [0.25, 0.3) is 11.8 Å². The van der Waals surface area contributed by atoms with Crippen molar-refractivity contribution in [1.29, 1.82) is 0 Å². The van der Waals surface area contributed by atoms with Crippen LogP contribution >= 0.6 is 0 Å². The van der Waals surface area contributed by atoms with Crippen LogP contribution in [0.15, 0.2) is 78.5 Å². The van der Waals surface area contributed by atoms with Gasteiger partial charge in [0.15, 0.2) is 0 Å². The molecule has 0 aromatic heterocycles. The van der Waals surface area contributed by atoms with Crippen molar-refractivity contribution < 1.29 is 19.1 Å². The van der Waals surface area contributed by atoms with Crippen LogP contribution in [0.3, 0.4) is 0 Å². The van der Waals surface area contributed by atoms with Gasteiger partial charge in [-0.2, -0.15) is 0 Å². The van der Waals surface area contributed by atoms with E-state index in [-0.39, 0.29) is 11.8 Å². The molecule has 0 radical (unpaired) electrons. The summed E-state index contributed by atoms with van der Waals surface area (Å²) >= 11 is 0. The van der Waals surface area contributed by atoms with Crippen molar-refractivity contribution in [1.82, 2.24) is 0 Å². The molecule has 6 nitrogen and oxygen atoms in total. The molecule has 0 spiro atoms. The molecule has 5 rings (SSSR count). The number of benzene rings is 3. The smallest absolute Gasteiger partial charge is 0.282 e. The third-order valence-electron chi connectivity index (χ3n) is 6.22. The molecule has 2 amide bonds. The number of nitrogens with zero attached hydrogens (tertiary/aromatic N) is 2. The lowest BCUT2D eigenvalue weighted by Crippen LogP contribution is -2.37. The fourth-order valence-electron chi connectivity index (χ4n) is 4.77.